The van der Waals surface area contributed by atoms with Gasteiger partial charge in [-0.1, -0.05) is 54.6 Å². The van der Waals surface area contributed by atoms with Crippen LogP contribution in [0.5, 0.6) is 0 Å². The van der Waals surface area contributed by atoms with Crippen LogP contribution in [0.15, 0.2) is 72.8 Å². The molecule has 2 fully saturated rings. The number of fused-ring (bicyclic) bond motifs is 3. The molecular formula is C26H15FN2O7. The number of hydrogen-bond acceptors (Lipinski definition) is 7. The van der Waals surface area contributed by atoms with E-state index >= 15 is 0 Å². The number of nitro benzene ring substituents is 1. The molecule has 6 rings (SSSR count). The molecule has 3 atom stereocenters. The van der Waals surface area contributed by atoms with E-state index in [2.05, 4.69) is 0 Å². The van der Waals surface area contributed by atoms with Crippen molar-refractivity contribution in [2.75, 3.05) is 4.90 Å². The molecule has 0 saturated carbocycles. The zero-order valence-corrected chi connectivity index (χ0v) is 18.3. The summed E-state index contributed by atoms with van der Waals surface area (Å²) in [5.74, 6) is -7.05. The molecule has 3 aromatic carbocycles. The highest BCUT2D eigenvalue weighted by Crippen LogP contribution is 2.57. The third kappa shape index (κ3) is 2.67. The Kier molecular flexibility index (Phi) is 4.55. The molecule has 2 heterocycles. The number of amides is 2. The van der Waals surface area contributed by atoms with Gasteiger partial charge in [0, 0.05) is 17.2 Å². The van der Waals surface area contributed by atoms with E-state index in [9.17, 15) is 33.7 Å². The molecule has 0 N–H and O–H groups in total. The van der Waals surface area contributed by atoms with Gasteiger partial charge < -0.3 is 4.74 Å². The minimum Gasteiger partial charge on any atom is -0.349 e. The Morgan fingerprint density at radius 3 is 2.08 bits per heavy atom. The molecule has 36 heavy (non-hydrogen) atoms. The summed E-state index contributed by atoms with van der Waals surface area (Å²) in [6.07, 6.45) is -1.12. The van der Waals surface area contributed by atoms with E-state index in [1.165, 1.54) is 12.1 Å². The molecule has 10 heteroatoms. The number of ketones is 2. The van der Waals surface area contributed by atoms with Crippen LogP contribution in [-0.4, -0.2) is 33.9 Å². The Balaban J connectivity index is 1.54. The van der Waals surface area contributed by atoms with Gasteiger partial charge >= 0.3 is 5.69 Å². The summed E-state index contributed by atoms with van der Waals surface area (Å²) in [4.78, 5) is 65.8. The van der Waals surface area contributed by atoms with Gasteiger partial charge in [-0.2, -0.15) is 4.39 Å². The zero-order chi connectivity index (χ0) is 25.4. The van der Waals surface area contributed by atoms with Crippen molar-refractivity contribution >= 4 is 34.8 Å². The van der Waals surface area contributed by atoms with Crippen molar-refractivity contribution in [1.82, 2.24) is 0 Å². The Morgan fingerprint density at radius 1 is 0.861 bits per heavy atom. The van der Waals surface area contributed by atoms with Crippen molar-refractivity contribution in [3.63, 3.8) is 0 Å². The first-order chi connectivity index (χ1) is 17.3. The van der Waals surface area contributed by atoms with E-state index in [1.54, 1.807) is 42.5 Å². The van der Waals surface area contributed by atoms with E-state index < -0.39 is 63.3 Å². The van der Waals surface area contributed by atoms with E-state index in [-0.39, 0.29) is 16.8 Å². The smallest absolute Gasteiger partial charge is 0.306 e. The molecule has 2 amide bonds. The molecule has 0 aromatic heterocycles. The molecule has 0 radical (unpaired) electrons. The SMILES string of the molecule is O=C1[C@@H]2[C@H](c3ccccc3)OC3(C(=O)c4ccccc4C3=O)[C@H]2C(=O)N1c1ccc(F)c([N+](=O)[O-])c1. The number of nitro groups is 1. The number of anilines is 1. The molecule has 3 aliphatic rings. The Morgan fingerprint density at radius 2 is 1.47 bits per heavy atom. The average molecular weight is 486 g/mol. The molecule has 3 aromatic rings. The average Bonchev–Trinajstić information content (AvgIpc) is 3.45. The largest absolute Gasteiger partial charge is 0.349 e. The summed E-state index contributed by atoms with van der Waals surface area (Å²) in [5.41, 5.74) is -2.75. The summed E-state index contributed by atoms with van der Waals surface area (Å²) in [6.45, 7) is 0. The predicted octanol–water partition coefficient (Wildman–Crippen LogP) is 3.43. The van der Waals surface area contributed by atoms with Crippen molar-refractivity contribution in [3.05, 3.63) is 105 Å². The summed E-state index contributed by atoms with van der Waals surface area (Å²) in [5, 5.41) is 11.3. The number of nitrogens with zero attached hydrogens (tertiary/aromatic N) is 2. The highest BCUT2D eigenvalue weighted by molar-refractivity contribution is 6.37. The summed E-state index contributed by atoms with van der Waals surface area (Å²) in [7, 11) is 0. The molecule has 2 saturated heterocycles. The van der Waals surface area contributed by atoms with Gasteiger partial charge in [0.15, 0.2) is 0 Å². The first-order valence-electron chi connectivity index (χ1n) is 11.0. The van der Waals surface area contributed by atoms with Crippen LogP contribution < -0.4 is 4.90 Å². The number of Topliss-reactive ketones (excluding diaryl/α,β-unsaturated/α-hetero) is 2. The maximum atomic E-state index is 14.0. The van der Waals surface area contributed by atoms with Crippen molar-refractivity contribution in [2.45, 2.75) is 11.7 Å². The quantitative estimate of drug-likeness (QED) is 0.240. The van der Waals surface area contributed by atoms with Crippen molar-refractivity contribution in [3.8, 4) is 0 Å². The van der Waals surface area contributed by atoms with Gasteiger partial charge in [-0.05, 0) is 17.7 Å². The fourth-order valence-electron chi connectivity index (χ4n) is 5.50. The minimum absolute atomic E-state index is 0.0890. The first kappa shape index (κ1) is 21.9. The van der Waals surface area contributed by atoms with E-state index in [0.29, 0.717) is 10.5 Å². The van der Waals surface area contributed by atoms with E-state index in [0.717, 1.165) is 18.2 Å². The van der Waals surface area contributed by atoms with Crippen LogP contribution in [-0.2, 0) is 14.3 Å². The maximum absolute atomic E-state index is 14.0. The van der Waals surface area contributed by atoms with Crippen LogP contribution in [0.1, 0.15) is 32.4 Å². The van der Waals surface area contributed by atoms with Crippen LogP contribution in [0, 0.1) is 27.8 Å². The third-order valence-electron chi connectivity index (χ3n) is 7.03. The minimum atomic E-state index is -2.26. The second-order valence-corrected chi connectivity index (χ2v) is 8.80. The number of rotatable bonds is 3. The number of halogens is 1. The lowest BCUT2D eigenvalue weighted by Gasteiger charge is -2.27. The van der Waals surface area contributed by atoms with Gasteiger partial charge in [0.25, 0.3) is 0 Å². The van der Waals surface area contributed by atoms with E-state index in [1.807, 2.05) is 0 Å². The highest BCUT2D eigenvalue weighted by atomic mass is 19.1. The Hall–Kier alpha value is -4.57. The monoisotopic (exact) mass is 486 g/mol. The normalized spacial score (nSPS) is 23.9. The molecule has 0 unspecified atom stereocenters. The van der Waals surface area contributed by atoms with Gasteiger partial charge in [-0.15, -0.1) is 0 Å². The summed E-state index contributed by atoms with van der Waals surface area (Å²) < 4.78 is 20.1. The van der Waals surface area contributed by atoms with E-state index in [4.69, 9.17) is 4.74 Å². The van der Waals surface area contributed by atoms with Crippen LogP contribution in [0.3, 0.4) is 0 Å². The van der Waals surface area contributed by atoms with Gasteiger partial charge in [0.05, 0.1) is 28.6 Å². The predicted molar refractivity (Wildman–Crippen MR) is 121 cm³/mol. The molecule has 178 valence electrons. The third-order valence-corrected chi connectivity index (χ3v) is 7.03. The van der Waals surface area contributed by atoms with Gasteiger partial charge in [0.1, 0.15) is 0 Å². The molecule has 2 aliphatic heterocycles. The summed E-state index contributed by atoms with van der Waals surface area (Å²) >= 11 is 0. The van der Waals surface area contributed by atoms with Crippen LogP contribution in [0.4, 0.5) is 15.8 Å². The fraction of sp³-hybridized carbons (Fsp3) is 0.154. The molecule has 9 nitrogen and oxygen atoms in total. The van der Waals surface area contributed by atoms with Crippen molar-refractivity contribution in [1.29, 1.82) is 0 Å². The number of hydrogen-bond donors (Lipinski definition) is 0. The lowest BCUT2D eigenvalue weighted by molar-refractivity contribution is -0.387. The lowest BCUT2D eigenvalue weighted by atomic mass is 9.77. The van der Waals surface area contributed by atoms with Crippen LogP contribution in [0.2, 0.25) is 0 Å². The second kappa shape index (κ2) is 7.46. The van der Waals surface area contributed by atoms with Crippen molar-refractivity contribution < 1.29 is 33.2 Å². The topological polar surface area (TPSA) is 124 Å². The zero-order valence-electron chi connectivity index (χ0n) is 18.3. The first-order valence-corrected chi connectivity index (χ1v) is 11.0. The van der Waals surface area contributed by atoms with Gasteiger partial charge in [-0.25, -0.2) is 4.90 Å². The number of imide groups is 1. The van der Waals surface area contributed by atoms with Crippen LogP contribution >= 0.6 is 0 Å². The van der Waals surface area contributed by atoms with Crippen molar-refractivity contribution in [2.24, 2.45) is 11.8 Å². The molecule has 0 bridgehead atoms. The van der Waals surface area contributed by atoms with Gasteiger partial charge in [-0.3, -0.25) is 29.3 Å². The summed E-state index contributed by atoms with van der Waals surface area (Å²) in [6, 6.07) is 17.1. The maximum Gasteiger partial charge on any atom is 0.306 e. The van der Waals surface area contributed by atoms with Gasteiger partial charge in [0.2, 0.25) is 34.8 Å². The van der Waals surface area contributed by atoms with Crippen LogP contribution in [0.25, 0.3) is 0 Å². The number of ether oxygens (including phenoxy) is 1. The Bertz CT molecular complexity index is 1480. The Labute approximate surface area is 202 Å². The second-order valence-electron chi connectivity index (χ2n) is 8.80. The molecular weight excluding hydrogens is 471 g/mol. The number of carbonyl (C=O) groups excluding carboxylic acids is 4. The molecule has 1 spiro atoms. The fourth-order valence-corrected chi connectivity index (χ4v) is 5.50. The lowest BCUT2D eigenvalue weighted by Crippen LogP contribution is -2.51. The standard InChI is InChI=1S/C26H15FN2O7/c27-17-11-10-14(12-18(17)29(34)35)28-24(32)19-20(25(28)33)26(36-21(19)13-6-2-1-3-7-13)22(30)15-8-4-5-9-16(15)23(26)31/h1-12,19-21H/t19-,20+,21-/m0/s1. The molecule has 1 aliphatic carbocycles. The number of carbonyl (C=O) groups is 4. The number of benzene rings is 3. The highest BCUT2D eigenvalue weighted by Gasteiger charge is 2.74.